The van der Waals surface area contributed by atoms with E-state index in [0.29, 0.717) is 6.54 Å². The number of anilines is 2. The van der Waals surface area contributed by atoms with Crippen LogP contribution in [-0.2, 0) is 5.54 Å². The summed E-state index contributed by atoms with van der Waals surface area (Å²) in [5.74, 6) is 1.71. The highest BCUT2D eigenvalue weighted by molar-refractivity contribution is 6.02. The monoisotopic (exact) mass is 512 g/mol. The van der Waals surface area contributed by atoms with Crippen LogP contribution in [0.1, 0.15) is 54.7 Å². The Kier molecular flexibility index (Phi) is 7.10. The van der Waals surface area contributed by atoms with Crippen molar-refractivity contribution in [2.24, 2.45) is 0 Å². The fraction of sp³-hybridized carbons (Fsp3) is 0.406. The van der Waals surface area contributed by atoms with Crippen LogP contribution in [0.25, 0.3) is 0 Å². The molecule has 3 aromatic rings. The Balaban J connectivity index is 1.81. The molecule has 0 aliphatic carbocycles. The zero-order valence-electron chi connectivity index (χ0n) is 23.6. The highest BCUT2D eigenvalue weighted by Gasteiger charge is 2.56. The molecular weight excluding hydrogens is 472 g/mol. The number of benzene rings is 3. The highest BCUT2D eigenvalue weighted by atomic mass is 16.5. The van der Waals surface area contributed by atoms with Crippen molar-refractivity contribution >= 4 is 17.3 Å². The van der Waals surface area contributed by atoms with Crippen molar-refractivity contribution in [3.63, 3.8) is 0 Å². The molecule has 0 fully saturated rings. The molecule has 1 amide bonds. The average Bonchev–Trinajstić information content (AvgIpc) is 3.17. The number of fused-ring (bicyclic) bond motifs is 6. The number of ether oxygens (including phenoxy) is 1. The van der Waals surface area contributed by atoms with E-state index in [-0.39, 0.29) is 5.91 Å². The molecule has 0 bridgehead atoms. The first kappa shape index (κ1) is 26.1. The second-order valence-corrected chi connectivity index (χ2v) is 10.3. The van der Waals surface area contributed by atoms with Crippen molar-refractivity contribution < 1.29 is 9.53 Å². The lowest BCUT2D eigenvalue weighted by Crippen LogP contribution is -2.49. The summed E-state index contributed by atoms with van der Waals surface area (Å²) in [6, 6.07) is 21.2. The van der Waals surface area contributed by atoms with Gasteiger partial charge in [-0.3, -0.25) is 4.79 Å². The van der Waals surface area contributed by atoms with Crippen molar-refractivity contribution in [3.05, 3.63) is 82.9 Å². The van der Waals surface area contributed by atoms with Gasteiger partial charge in [-0.05, 0) is 65.6 Å². The summed E-state index contributed by atoms with van der Waals surface area (Å²) in [6.07, 6.45) is 0. The maximum absolute atomic E-state index is 14.1. The predicted molar refractivity (Wildman–Crippen MR) is 156 cm³/mol. The molecule has 38 heavy (non-hydrogen) atoms. The van der Waals surface area contributed by atoms with Crippen LogP contribution in [0.3, 0.4) is 0 Å². The maximum atomic E-state index is 14.1. The minimum atomic E-state index is -0.754. The number of amides is 1. The normalized spacial score (nSPS) is 14.8. The number of hydrogen-bond donors (Lipinski definition) is 0. The van der Waals surface area contributed by atoms with Gasteiger partial charge in [-0.2, -0.15) is 0 Å². The van der Waals surface area contributed by atoms with Crippen LogP contribution in [0, 0.1) is 0 Å². The van der Waals surface area contributed by atoms with Gasteiger partial charge >= 0.3 is 0 Å². The molecule has 0 N–H and O–H groups in total. The fourth-order valence-corrected chi connectivity index (χ4v) is 6.20. The molecule has 2 aliphatic heterocycles. The minimum Gasteiger partial charge on any atom is -0.456 e. The smallest absolute Gasteiger partial charge is 0.255 e. The van der Waals surface area contributed by atoms with Crippen LogP contribution in [0.5, 0.6) is 11.5 Å². The van der Waals surface area contributed by atoms with Gasteiger partial charge in [-0.15, -0.1) is 0 Å². The van der Waals surface area contributed by atoms with Crippen LogP contribution >= 0.6 is 0 Å². The van der Waals surface area contributed by atoms with Gasteiger partial charge in [0.2, 0.25) is 0 Å². The van der Waals surface area contributed by atoms with Gasteiger partial charge in [0.25, 0.3) is 5.91 Å². The molecule has 0 radical (unpaired) electrons. The fourth-order valence-electron chi connectivity index (χ4n) is 6.20. The average molecular weight is 513 g/mol. The third-order valence-electron chi connectivity index (χ3n) is 8.16. The molecule has 0 saturated heterocycles. The first-order chi connectivity index (χ1) is 18.4. The maximum Gasteiger partial charge on any atom is 0.255 e. The van der Waals surface area contributed by atoms with Crippen molar-refractivity contribution in [2.45, 2.75) is 33.2 Å². The van der Waals surface area contributed by atoms with E-state index in [9.17, 15) is 4.79 Å². The summed E-state index contributed by atoms with van der Waals surface area (Å²) in [6.45, 7) is 13.7. The number of carbonyl (C=O) groups excluding carboxylic acids is 1. The molecule has 0 aromatic heterocycles. The lowest BCUT2D eigenvalue weighted by atomic mass is 9.74. The Labute approximate surface area is 227 Å². The molecule has 5 rings (SSSR count). The van der Waals surface area contributed by atoms with Gasteiger partial charge in [0.1, 0.15) is 17.0 Å². The summed E-state index contributed by atoms with van der Waals surface area (Å²) < 4.78 is 6.75. The summed E-state index contributed by atoms with van der Waals surface area (Å²) in [5, 5.41) is 0. The molecule has 0 atom stereocenters. The van der Waals surface area contributed by atoms with Gasteiger partial charge < -0.3 is 24.3 Å². The molecule has 2 heterocycles. The topological polar surface area (TPSA) is 39.3 Å². The Morgan fingerprint density at radius 1 is 0.737 bits per heavy atom. The van der Waals surface area contributed by atoms with Gasteiger partial charge in [0.05, 0.1) is 0 Å². The lowest BCUT2D eigenvalue weighted by Gasteiger charge is -2.45. The summed E-state index contributed by atoms with van der Waals surface area (Å²) in [7, 11) is 4.11. The van der Waals surface area contributed by atoms with E-state index in [2.05, 4.69) is 104 Å². The zero-order valence-corrected chi connectivity index (χ0v) is 23.6. The molecule has 6 nitrogen and oxygen atoms in total. The summed E-state index contributed by atoms with van der Waals surface area (Å²) >= 11 is 0. The van der Waals surface area contributed by atoms with E-state index in [0.717, 1.165) is 77.9 Å². The molecule has 0 saturated carbocycles. The van der Waals surface area contributed by atoms with E-state index >= 15 is 0 Å². The molecule has 6 heteroatoms. The van der Waals surface area contributed by atoms with E-state index in [1.807, 2.05) is 18.2 Å². The standard InChI is InChI=1S/C32H40N4O2/c1-7-34(8-2)23-15-17-27-29(21-23)38-30-22-24(35(9-3)10-4)16-18-28(30)32(27)26-14-12-11-13-25(26)31(37)36(32)20-19-33(5)6/h11-18,21-22H,7-10,19-20H2,1-6H3. The molecular formula is C32H40N4O2. The van der Waals surface area contributed by atoms with Gasteiger partial charge in [-0.1, -0.05) is 30.3 Å². The number of nitrogens with zero attached hydrogens (tertiary/aromatic N) is 4. The van der Waals surface area contributed by atoms with Crippen LogP contribution in [0.15, 0.2) is 60.7 Å². The Morgan fingerprint density at radius 3 is 1.76 bits per heavy atom. The molecule has 3 aromatic carbocycles. The van der Waals surface area contributed by atoms with Crippen molar-refractivity contribution in [1.29, 1.82) is 0 Å². The molecule has 1 spiro atoms. The predicted octanol–water partition coefficient (Wildman–Crippen LogP) is 5.79. The first-order valence-electron chi connectivity index (χ1n) is 13.9. The van der Waals surface area contributed by atoms with E-state index in [1.165, 1.54) is 0 Å². The van der Waals surface area contributed by atoms with Gasteiger partial charge in [0, 0.05) is 79.5 Å². The quantitative estimate of drug-likeness (QED) is 0.363. The Hall–Kier alpha value is -3.51. The van der Waals surface area contributed by atoms with E-state index < -0.39 is 5.54 Å². The van der Waals surface area contributed by atoms with Crippen molar-refractivity contribution in [3.8, 4) is 11.5 Å². The Morgan fingerprint density at radius 2 is 1.26 bits per heavy atom. The first-order valence-corrected chi connectivity index (χ1v) is 13.9. The minimum absolute atomic E-state index is 0.0712. The van der Waals surface area contributed by atoms with Crippen molar-refractivity contribution in [1.82, 2.24) is 9.80 Å². The summed E-state index contributed by atoms with van der Waals surface area (Å²) in [4.78, 5) is 23.0. The zero-order chi connectivity index (χ0) is 27.0. The van der Waals surface area contributed by atoms with Gasteiger partial charge in [-0.25, -0.2) is 0 Å². The SMILES string of the molecule is CCN(CC)c1ccc2c(c1)Oc1cc(N(CC)CC)ccc1C21c2ccccc2C(=O)N1CCN(C)C. The van der Waals surface area contributed by atoms with Crippen LogP contribution in [-0.4, -0.2) is 69.1 Å². The van der Waals surface area contributed by atoms with Crippen LogP contribution < -0.4 is 14.5 Å². The van der Waals surface area contributed by atoms with E-state index in [4.69, 9.17) is 4.74 Å². The second-order valence-electron chi connectivity index (χ2n) is 10.3. The van der Waals surface area contributed by atoms with Crippen LogP contribution in [0.4, 0.5) is 11.4 Å². The summed E-state index contributed by atoms with van der Waals surface area (Å²) in [5.41, 5.74) is 5.35. The third kappa shape index (κ3) is 3.93. The third-order valence-corrected chi connectivity index (χ3v) is 8.16. The highest BCUT2D eigenvalue weighted by Crippen LogP contribution is 2.58. The van der Waals surface area contributed by atoms with Crippen LogP contribution in [0.2, 0.25) is 0 Å². The molecule has 2 aliphatic rings. The largest absolute Gasteiger partial charge is 0.456 e. The molecule has 0 unspecified atom stereocenters. The van der Waals surface area contributed by atoms with Crippen molar-refractivity contribution in [2.75, 3.05) is 63.2 Å². The number of carbonyl (C=O) groups is 1. The Bertz CT molecular complexity index is 1270. The second kappa shape index (κ2) is 10.3. The number of likely N-dealkylation sites (N-methyl/N-ethyl adjacent to an activating group) is 1. The molecule has 200 valence electrons. The number of rotatable bonds is 9. The van der Waals surface area contributed by atoms with E-state index in [1.54, 1.807) is 0 Å². The lowest BCUT2D eigenvalue weighted by molar-refractivity contribution is 0.0649. The van der Waals surface area contributed by atoms with Gasteiger partial charge in [0.15, 0.2) is 0 Å². The number of hydrogen-bond acceptors (Lipinski definition) is 5.